The number of nitrogens with one attached hydrogen (secondary N) is 1. The molecule has 0 unspecified atom stereocenters. The summed E-state index contributed by atoms with van der Waals surface area (Å²) in [5.74, 6) is -1.83. The van der Waals surface area contributed by atoms with Gasteiger partial charge in [0, 0.05) is 6.20 Å². The minimum Gasteiger partial charge on any atom is -0.480 e. The molecular weight excluding hydrogens is 314 g/mol. The van der Waals surface area contributed by atoms with Crippen molar-refractivity contribution in [2.75, 3.05) is 7.11 Å². The Morgan fingerprint density at radius 3 is 2.59 bits per heavy atom. The van der Waals surface area contributed by atoms with Crippen molar-refractivity contribution < 1.29 is 27.9 Å². The highest BCUT2D eigenvalue weighted by Gasteiger charge is 2.27. The molecule has 1 aromatic heterocycles. The van der Waals surface area contributed by atoms with Crippen molar-refractivity contribution in [3.8, 4) is 0 Å². The summed E-state index contributed by atoms with van der Waals surface area (Å²) in [6.45, 7) is 3.34. The Bertz CT molecular complexity index is 637. The molecule has 9 nitrogen and oxygen atoms in total. The van der Waals surface area contributed by atoms with Crippen LogP contribution in [0, 0.1) is 5.92 Å². The van der Waals surface area contributed by atoms with Crippen LogP contribution in [0.3, 0.4) is 0 Å². The van der Waals surface area contributed by atoms with Crippen molar-refractivity contribution in [2.45, 2.75) is 37.8 Å². The van der Waals surface area contributed by atoms with Crippen LogP contribution in [0.4, 0.5) is 0 Å². The second kappa shape index (κ2) is 7.36. The third-order valence-corrected chi connectivity index (χ3v) is 4.17. The molecule has 0 aliphatic carbocycles. The third-order valence-electron chi connectivity index (χ3n) is 2.74. The summed E-state index contributed by atoms with van der Waals surface area (Å²) in [5, 5.41) is 12.8. The normalized spacial score (nSPS) is 13.1. The van der Waals surface area contributed by atoms with E-state index in [1.807, 2.05) is 0 Å². The first-order valence-electron chi connectivity index (χ1n) is 6.50. The maximum absolute atomic E-state index is 12.2. The number of aliphatic carboxylic acids is 1. The zero-order valence-electron chi connectivity index (χ0n) is 12.5. The number of methoxy groups -OCH3 is 1. The van der Waals surface area contributed by atoms with Crippen molar-refractivity contribution in [1.82, 2.24) is 14.5 Å². The number of esters is 1. The molecule has 0 aliphatic heterocycles. The highest BCUT2D eigenvalue weighted by atomic mass is 32.2. The average molecular weight is 333 g/mol. The van der Waals surface area contributed by atoms with Crippen LogP contribution < -0.4 is 4.72 Å². The average Bonchev–Trinajstić information content (AvgIpc) is 2.86. The van der Waals surface area contributed by atoms with Gasteiger partial charge in [0.25, 0.3) is 0 Å². The summed E-state index contributed by atoms with van der Waals surface area (Å²) in [6, 6.07) is -1.23. The predicted molar refractivity (Wildman–Crippen MR) is 75.4 cm³/mol. The zero-order valence-corrected chi connectivity index (χ0v) is 13.3. The maximum atomic E-state index is 12.2. The Balaban J connectivity index is 2.89. The molecule has 0 radical (unpaired) electrons. The minimum absolute atomic E-state index is 0.00541. The molecule has 0 saturated heterocycles. The molecule has 1 rings (SSSR count). The number of carboxylic acids is 1. The Labute approximate surface area is 128 Å². The van der Waals surface area contributed by atoms with E-state index in [1.54, 1.807) is 13.8 Å². The Hall–Kier alpha value is -1.94. The highest BCUT2D eigenvalue weighted by molar-refractivity contribution is 7.89. The fourth-order valence-corrected chi connectivity index (χ4v) is 2.85. The minimum atomic E-state index is -4.04. The van der Waals surface area contributed by atoms with Gasteiger partial charge >= 0.3 is 11.9 Å². The van der Waals surface area contributed by atoms with E-state index in [0.29, 0.717) is 0 Å². The summed E-state index contributed by atoms with van der Waals surface area (Å²) >= 11 is 0. The first kappa shape index (κ1) is 18.1. The smallest absolute Gasteiger partial charge is 0.327 e. The lowest BCUT2D eigenvalue weighted by Crippen LogP contribution is -2.41. The van der Waals surface area contributed by atoms with Gasteiger partial charge in [0.1, 0.15) is 17.5 Å². The van der Waals surface area contributed by atoms with Crippen molar-refractivity contribution in [1.29, 1.82) is 0 Å². The molecule has 0 aliphatic rings. The number of aromatic nitrogens is 2. The predicted octanol–water partition coefficient (Wildman–Crippen LogP) is -0.166. The van der Waals surface area contributed by atoms with Crippen LogP contribution in [0.1, 0.15) is 20.3 Å². The van der Waals surface area contributed by atoms with Gasteiger partial charge in [0.05, 0.1) is 13.3 Å². The largest absolute Gasteiger partial charge is 0.480 e. The Morgan fingerprint density at radius 1 is 1.45 bits per heavy atom. The summed E-state index contributed by atoms with van der Waals surface area (Å²) < 4.78 is 32.0. The van der Waals surface area contributed by atoms with Crippen LogP contribution >= 0.6 is 0 Å². The van der Waals surface area contributed by atoms with E-state index in [2.05, 4.69) is 14.6 Å². The molecular formula is C12H19N3O6S. The van der Waals surface area contributed by atoms with Gasteiger partial charge in [-0.25, -0.2) is 8.42 Å². The second-order valence-electron chi connectivity index (χ2n) is 5.09. The van der Waals surface area contributed by atoms with Crippen LogP contribution in [0.15, 0.2) is 17.3 Å². The number of carbonyl (C=O) groups excluding carboxylic acids is 1. The van der Waals surface area contributed by atoms with E-state index in [4.69, 9.17) is 5.11 Å². The number of hydrogen-bond acceptors (Lipinski definition) is 6. The molecule has 22 heavy (non-hydrogen) atoms. The second-order valence-corrected chi connectivity index (χ2v) is 6.81. The van der Waals surface area contributed by atoms with Crippen LogP contribution in [0.25, 0.3) is 0 Å². The molecule has 10 heteroatoms. The van der Waals surface area contributed by atoms with E-state index in [-0.39, 0.29) is 23.8 Å². The molecule has 124 valence electrons. The Kier molecular flexibility index (Phi) is 6.06. The van der Waals surface area contributed by atoms with E-state index >= 15 is 0 Å². The third kappa shape index (κ3) is 5.11. The summed E-state index contributed by atoms with van der Waals surface area (Å²) in [7, 11) is -2.84. The van der Waals surface area contributed by atoms with Gasteiger partial charge in [-0.05, 0) is 12.3 Å². The van der Waals surface area contributed by atoms with Gasteiger partial charge in [0.15, 0.2) is 0 Å². The summed E-state index contributed by atoms with van der Waals surface area (Å²) in [5.41, 5.74) is 0. The van der Waals surface area contributed by atoms with Crippen molar-refractivity contribution in [3.05, 3.63) is 12.4 Å². The number of rotatable bonds is 8. The van der Waals surface area contributed by atoms with Gasteiger partial charge in [-0.2, -0.15) is 9.82 Å². The van der Waals surface area contributed by atoms with E-state index < -0.39 is 28.0 Å². The van der Waals surface area contributed by atoms with Crippen molar-refractivity contribution in [2.24, 2.45) is 5.92 Å². The zero-order chi connectivity index (χ0) is 16.9. The van der Waals surface area contributed by atoms with E-state index in [0.717, 1.165) is 17.1 Å². The number of ether oxygens (including phenoxy) is 1. The maximum Gasteiger partial charge on any atom is 0.327 e. The molecule has 0 fully saturated rings. The molecule has 0 saturated carbocycles. The summed E-state index contributed by atoms with van der Waals surface area (Å²) in [6.07, 6.45) is 2.33. The van der Waals surface area contributed by atoms with E-state index in [9.17, 15) is 18.0 Å². The quantitative estimate of drug-likeness (QED) is 0.632. The van der Waals surface area contributed by atoms with Gasteiger partial charge in [-0.3, -0.25) is 14.3 Å². The van der Waals surface area contributed by atoms with Crippen LogP contribution in [0.5, 0.6) is 0 Å². The molecule has 0 spiro atoms. The number of nitrogens with zero attached hydrogens (tertiary/aromatic N) is 2. The van der Waals surface area contributed by atoms with Crippen LogP contribution in [0.2, 0.25) is 0 Å². The molecule has 1 aromatic rings. The van der Waals surface area contributed by atoms with Crippen LogP contribution in [-0.2, 0) is 30.9 Å². The summed E-state index contributed by atoms with van der Waals surface area (Å²) in [4.78, 5) is 22.0. The molecule has 0 aromatic carbocycles. The molecule has 0 amide bonds. The lowest BCUT2D eigenvalue weighted by atomic mass is 10.1. The first-order valence-corrected chi connectivity index (χ1v) is 7.98. The number of carboxylic acid groups (broad SMARTS) is 1. The first-order chi connectivity index (χ1) is 10.2. The SMILES string of the molecule is COC(=O)Cn1cc(S(=O)(=O)N[C@H](CC(C)C)C(=O)O)cn1. The molecule has 1 heterocycles. The monoisotopic (exact) mass is 333 g/mol. The van der Waals surface area contributed by atoms with Crippen molar-refractivity contribution in [3.63, 3.8) is 0 Å². The molecule has 2 N–H and O–H groups in total. The lowest BCUT2D eigenvalue weighted by molar-refractivity contribution is -0.141. The van der Waals surface area contributed by atoms with Gasteiger partial charge in [0.2, 0.25) is 10.0 Å². The van der Waals surface area contributed by atoms with Gasteiger partial charge < -0.3 is 9.84 Å². The van der Waals surface area contributed by atoms with Crippen LogP contribution in [-0.4, -0.2) is 48.4 Å². The fraction of sp³-hybridized carbons (Fsp3) is 0.583. The molecule has 0 bridgehead atoms. The lowest BCUT2D eigenvalue weighted by Gasteiger charge is -2.15. The number of sulfonamides is 1. The number of carbonyl (C=O) groups is 2. The standard InChI is InChI=1S/C12H19N3O6S/c1-8(2)4-10(12(17)18)14-22(19,20)9-5-13-15(6-9)7-11(16)21-3/h5-6,8,10,14H,4,7H2,1-3H3,(H,17,18)/t10-/m1/s1. The van der Waals surface area contributed by atoms with E-state index in [1.165, 1.54) is 7.11 Å². The Morgan fingerprint density at radius 2 is 2.09 bits per heavy atom. The van der Waals surface area contributed by atoms with Crippen molar-refractivity contribution >= 4 is 22.0 Å². The van der Waals surface area contributed by atoms with Gasteiger partial charge in [-0.15, -0.1) is 0 Å². The molecule has 1 atom stereocenters. The number of hydrogen-bond donors (Lipinski definition) is 2. The highest BCUT2D eigenvalue weighted by Crippen LogP contribution is 2.12. The fourth-order valence-electron chi connectivity index (χ4n) is 1.69. The topological polar surface area (TPSA) is 128 Å². The van der Waals surface area contributed by atoms with Gasteiger partial charge in [-0.1, -0.05) is 13.8 Å².